The van der Waals surface area contributed by atoms with Crippen LogP contribution in [0, 0.1) is 5.41 Å². The summed E-state index contributed by atoms with van der Waals surface area (Å²) in [4.78, 5) is 39.2. The molecule has 2 atom stereocenters. The summed E-state index contributed by atoms with van der Waals surface area (Å²) >= 11 is 0. The molecule has 0 unspecified atom stereocenters. The van der Waals surface area contributed by atoms with Gasteiger partial charge in [-0.05, 0) is 167 Å². The summed E-state index contributed by atoms with van der Waals surface area (Å²) < 4.78 is 11.3. The maximum absolute atomic E-state index is 12.9. The number of likely N-dealkylation sites (tertiary alicyclic amines) is 2. The van der Waals surface area contributed by atoms with Crippen LogP contribution in [0.2, 0.25) is 0 Å². The molecule has 1 aromatic rings. The van der Waals surface area contributed by atoms with E-state index in [1.807, 2.05) is 64.5 Å². The SMILES string of the molecule is CC(=N/C=C(\C)c1cccc(C23CCC(/C(C)=C/N=C(C)[C@@H]4CCCN4C(=O)OC(C)(C)C)(CC2)CC3)c1)[C@@H]1CCCN1C(=O)OC(C)(C)C. The quantitative estimate of drug-likeness (QED) is 0.267. The Morgan fingerprint density at radius 1 is 0.740 bits per heavy atom. The Balaban J connectivity index is 1.23. The largest absolute Gasteiger partial charge is 0.444 e. The minimum Gasteiger partial charge on any atom is -0.444 e. The number of fused-ring (bicyclic) bond motifs is 3. The first-order chi connectivity index (χ1) is 23.4. The second-order valence-corrected chi connectivity index (χ2v) is 17.5. The lowest BCUT2D eigenvalue weighted by atomic mass is 9.50. The number of carbonyl (C=O) groups excluding carboxylic acids is 2. The van der Waals surface area contributed by atoms with Crippen LogP contribution in [0.25, 0.3) is 5.57 Å². The molecule has 2 amide bonds. The number of allylic oxidation sites excluding steroid dienone is 2. The molecule has 2 heterocycles. The predicted molar refractivity (Wildman–Crippen MR) is 204 cm³/mol. The molecule has 0 N–H and O–H groups in total. The molecular weight excluding hydrogens is 624 g/mol. The fraction of sp³-hybridized carbons (Fsp3) is 0.667. The molecule has 5 fully saturated rings. The standard InChI is InChI=1S/C42H62N4O4/c1-29(27-43-31(3)35-16-12-24-45(35)37(47)49-39(5,6)7)33-14-11-15-34(26-33)42-21-18-41(19-22-42,20-23-42)30(2)28-44-32(4)36-17-13-25-46(36)38(48)50-40(8,9)10/h11,14-15,26-28,35-36H,12-13,16-25H2,1-10H3/b29-27+,30-28+,43-31?,44-32?/t35-,36-,41?,42?/m0/s1. The van der Waals surface area contributed by atoms with E-state index in [1.54, 1.807) is 0 Å². The fourth-order valence-corrected chi connectivity index (χ4v) is 8.57. The van der Waals surface area contributed by atoms with Crippen LogP contribution in [0.4, 0.5) is 9.59 Å². The lowest BCUT2D eigenvalue weighted by Crippen LogP contribution is -2.44. The molecule has 2 aliphatic heterocycles. The summed E-state index contributed by atoms with van der Waals surface area (Å²) in [5.41, 5.74) is 6.51. The summed E-state index contributed by atoms with van der Waals surface area (Å²) in [6.45, 7) is 21.4. The molecule has 8 heteroatoms. The molecule has 6 rings (SSSR count). The molecule has 2 saturated heterocycles. The summed E-state index contributed by atoms with van der Waals surface area (Å²) in [6, 6.07) is 9.10. The Morgan fingerprint density at radius 2 is 1.22 bits per heavy atom. The highest BCUT2D eigenvalue weighted by molar-refractivity contribution is 5.92. The van der Waals surface area contributed by atoms with Crippen LogP contribution >= 0.6 is 0 Å². The number of amides is 2. The van der Waals surface area contributed by atoms with Crippen molar-refractivity contribution in [3.8, 4) is 0 Å². The molecule has 5 aliphatic rings. The second kappa shape index (κ2) is 14.7. The lowest BCUT2D eigenvalue weighted by molar-refractivity contribution is 0.0255. The third kappa shape index (κ3) is 8.54. The van der Waals surface area contributed by atoms with Gasteiger partial charge >= 0.3 is 12.2 Å². The van der Waals surface area contributed by atoms with Gasteiger partial charge in [-0.2, -0.15) is 0 Å². The molecule has 0 aromatic heterocycles. The van der Waals surface area contributed by atoms with E-state index in [9.17, 15) is 9.59 Å². The summed E-state index contributed by atoms with van der Waals surface area (Å²) in [5, 5.41) is 0. The van der Waals surface area contributed by atoms with Crippen molar-refractivity contribution in [1.82, 2.24) is 9.80 Å². The third-order valence-corrected chi connectivity index (χ3v) is 11.7. The molecule has 0 spiro atoms. The van der Waals surface area contributed by atoms with Crippen LogP contribution in [0.3, 0.4) is 0 Å². The van der Waals surface area contributed by atoms with Crippen molar-refractivity contribution in [2.75, 3.05) is 13.1 Å². The van der Waals surface area contributed by atoms with E-state index in [1.165, 1.54) is 55.2 Å². The van der Waals surface area contributed by atoms with Gasteiger partial charge in [-0.1, -0.05) is 24.3 Å². The van der Waals surface area contributed by atoms with Crippen molar-refractivity contribution >= 4 is 29.2 Å². The van der Waals surface area contributed by atoms with Crippen molar-refractivity contribution in [3.63, 3.8) is 0 Å². The van der Waals surface area contributed by atoms with Crippen LogP contribution in [0.5, 0.6) is 0 Å². The van der Waals surface area contributed by atoms with Crippen molar-refractivity contribution < 1.29 is 19.1 Å². The number of nitrogens with zero attached hydrogens (tertiary/aromatic N) is 4. The van der Waals surface area contributed by atoms with Crippen LogP contribution in [-0.2, 0) is 14.9 Å². The average molecular weight is 687 g/mol. The van der Waals surface area contributed by atoms with Crippen LogP contribution in [-0.4, -0.2) is 69.8 Å². The first kappa shape index (κ1) is 37.8. The number of aliphatic imine (C=N–C) groups is 2. The molecule has 2 bridgehead atoms. The van der Waals surface area contributed by atoms with E-state index in [0.29, 0.717) is 6.54 Å². The van der Waals surface area contributed by atoms with Crippen LogP contribution in [0.1, 0.15) is 145 Å². The molecule has 3 saturated carbocycles. The van der Waals surface area contributed by atoms with Gasteiger partial charge in [0.05, 0.1) is 12.1 Å². The zero-order chi connectivity index (χ0) is 36.5. The third-order valence-electron chi connectivity index (χ3n) is 11.7. The van der Waals surface area contributed by atoms with Crippen LogP contribution < -0.4 is 0 Å². The monoisotopic (exact) mass is 686 g/mol. The predicted octanol–water partition coefficient (Wildman–Crippen LogP) is 10.3. The number of benzene rings is 1. The highest BCUT2D eigenvalue weighted by Crippen LogP contribution is 2.60. The maximum Gasteiger partial charge on any atom is 0.410 e. The molecule has 50 heavy (non-hydrogen) atoms. The lowest BCUT2D eigenvalue weighted by Gasteiger charge is -2.54. The smallest absolute Gasteiger partial charge is 0.410 e. The molecule has 8 nitrogen and oxygen atoms in total. The van der Waals surface area contributed by atoms with Gasteiger partial charge in [0.25, 0.3) is 0 Å². The summed E-state index contributed by atoms with van der Waals surface area (Å²) in [7, 11) is 0. The maximum atomic E-state index is 12.9. The minimum absolute atomic E-state index is 0.00536. The number of hydrogen-bond acceptors (Lipinski definition) is 6. The Labute approximate surface area is 301 Å². The zero-order valence-electron chi connectivity index (χ0n) is 32.5. The molecule has 274 valence electrons. The average Bonchev–Trinajstić information content (AvgIpc) is 3.76. The Kier molecular flexibility index (Phi) is 11.1. The van der Waals surface area contributed by atoms with Crippen LogP contribution in [0.15, 0.2) is 52.2 Å². The van der Waals surface area contributed by atoms with Crippen molar-refractivity contribution in [1.29, 1.82) is 0 Å². The van der Waals surface area contributed by atoms with E-state index in [4.69, 9.17) is 19.5 Å². The highest BCUT2D eigenvalue weighted by Gasteiger charge is 2.50. The van der Waals surface area contributed by atoms with E-state index < -0.39 is 11.2 Å². The summed E-state index contributed by atoms with van der Waals surface area (Å²) in [5.74, 6) is 0. The van der Waals surface area contributed by atoms with E-state index in [-0.39, 0.29) is 35.1 Å². The van der Waals surface area contributed by atoms with Gasteiger partial charge in [0, 0.05) is 36.9 Å². The number of rotatable bonds is 7. The summed E-state index contributed by atoms with van der Waals surface area (Å²) in [6.07, 6.45) is 14.4. The highest BCUT2D eigenvalue weighted by atomic mass is 16.6. The molecule has 0 radical (unpaired) electrons. The Morgan fingerprint density at radius 3 is 1.70 bits per heavy atom. The Bertz CT molecular complexity index is 1530. The van der Waals surface area contributed by atoms with Gasteiger partial charge in [-0.3, -0.25) is 19.8 Å². The van der Waals surface area contributed by atoms with E-state index in [0.717, 1.165) is 49.2 Å². The van der Waals surface area contributed by atoms with Gasteiger partial charge in [-0.25, -0.2) is 9.59 Å². The van der Waals surface area contributed by atoms with Crippen molar-refractivity contribution in [3.05, 3.63) is 53.4 Å². The first-order valence-corrected chi connectivity index (χ1v) is 18.9. The topological polar surface area (TPSA) is 83.8 Å². The van der Waals surface area contributed by atoms with Crippen molar-refractivity contribution in [2.45, 2.75) is 162 Å². The number of hydrogen-bond donors (Lipinski definition) is 0. The van der Waals surface area contributed by atoms with Gasteiger partial charge in [0.2, 0.25) is 0 Å². The minimum atomic E-state index is -0.513. The van der Waals surface area contributed by atoms with Gasteiger partial charge in [0.15, 0.2) is 0 Å². The first-order valence-electron chi connectivity index (χ1n) is 18.9. The second-order valence-electron chi connectivity index (χ2n) is 17.5. The number of carbonyl (C=O) groups is 2. The van der Waals surface area contributed by atoms with Gasteiger partial charge < -0.3 is 9.47 Å². The molecule has 3 aliphatic carbocycles. The van der Waals surface area contributed by atoms with E-state index >= 15 is 0 Å². The molecular formula is C42H62N4O4. The zero-order valence-corrected chi connectivity index (χ0v) is 32.5. The van der Waals surface area contributed by atoms with Crippen molar-refractivity contribution in [2.24, 2.45) is 15.4 Å². The van der Waals surface area contributed by atoms with Gasteiger partial charge in [-0.15, -0.1) is 0 Å². The Hall–Kier alpha value is -3.42. The normalized spacial score (nSPS) is 28.4. The fourth-order valence-electron chi connectivity index (χ4n) is 8.57. The van der Waals surface area contributed by atoms with Gasteiger partial charge in [0.1, 0.15) is 11.2 Å². The number of ether oxygens (including phenoxy) is 2. The van der Waals surface area contributed by atoms with E-state index in [2.05, 4.69) is 51.2 Å². The molecule has 1 aromatic carbocycles.